The molecule has 0 saturated carbocycles. The molecule has 0 unspecified atom stereocenters. The van der Waals surface area contributed by atoms with Gasteiger partial charge in [-0.1, -0.05) is 23.7 Å². The van der Waals surface area contributed by atoms with Gasteiger partial charge in [-0.25, -0.2) is 0 Å². The van der Waals surface area contributed by atoms with Crippen molar-refractivity contribution in [3.05, 3.63) is 58.6 Å². The molecular weight excluding hydrogens is 336 g/mol. The molecule has 1 aliphatic rings. The molecule has 1 heterocycles. The van der Waals surface area contributed by atoms with Crippen LogP contribution in [0.1, 0.15) is 11.1 Å². The highest BCUT2D eigenvalue weighted by atomic mass is 35.5. The normalized spacial score (nSPS) is 20.3. The largest absolute Gasteiger partial charge is 0.497 e. The van der Waals surface area contributed by atoms with Crippen LogP contribution in [0.5, 0.6) is 11.5 Å². The van der Waals surface area contributed by atoms with Crippen LogP contribution in [0.2, 0.25) is 5.02 Å². The summed E-state index contributed by atoms with van der Waals surface area (Å²) in [4.78, 5) is 3.27. The Labute approximate surface area is 154 Å². The summed E-state index contributed by atoms with van der Waals surface area (Å²) in [6.45, 7) is 6.85. The molecule has 0 radical (unpaired) electrons. The van der Waals surface area contributed by atoms with Crippen molar-refractivity contribution in [1.29, 1.82) is 0 Å². The maximum Gasteiger partial charge on any atom is 0.127 e. The zero-order chi connectivity index (χ0) is 17.6. The first kappa shape index (κ1) is 18.1. The highest BCUT2D eigenvalue weighted by molar-refractivity contribution is 6.30. The molecule has 0 atom stereocenters. The summed E-state index contributed by atoms with van der Waals surface area (Å²) in [7, 11) is 3.40. The van der Waals surface area contributed by atoms with E-state index in [0.717, 1.165) is 29.6 Å². The predicted octanol–water partition coefficient (Wildman–Crippen LogP) is 0.841. The lowest BCUT2D eigenvalue weighted by Crippen LogP contribution is -3.27. The highest BCUT2D eigenvalue weighted by Gasteiger charge is 2.23. The average molecular weight is 363 g/mol. The highest BCUT2D eigenvalue weighted by Crippen LogP contribution is 2.21. The van der Waals surface area contributed by atoms with Gasteiger partial charge in [-0.05, 0) is 24.3 Å². The lowest BCUT2D eigenvalue weighted by atomic mass is 10.1. The number of piperazine rings is 1. The molecule has 1 aliphatic heterocycles. The molecule has 0 amide bonds. The molecule has 0 bridgehead atoms. The van der Waals surface area contributed by atoms with E-state index in [2.05, 4.69) is 24.3 Å². The van der Waals surface area contributed by atoms with Gasteiger partial charge in [-0.2, -0.15) is 0 Å². The monoisotopic (exact) mass is 362 g/mol. The number of halogens is 1. The van der Waals surface area contributed by atoms with E-state index in [-0.39, 0.29) is 0 Å². The third kappa shape index (κ3) is 5.11. The van der Waals surface area contributed by atoms with Gasteiger partial charge in [0.15, 0.2) is 0 Å². The summed E-state index contributed by atoms with van der Waals surface area (Å²) in [5.41, 5.74) is 2.63. The molecule has 25 heavy (non-hydrogen) atoms. The fourth-order valence-corrected chi connectivity index (χ4v) is 3.58. The van der Waals surface area contributed by atoms with Crippen molar-refractivity contribution in [2.45, 2.75) is 13.1 Å². The number of hydrogen-bond donors (Lipinski definition) is 2. The molecule has 1 fully saturated rings. The lowest BCUT2D eigenvalue weighted by Gasteiger charge is -2.30. The predicted molar refractivity (Wildman–Crippen MR) is 99.8 cm³/mol. The molecule has 0 aromatic heterocycles. The van der Waals surface area contributed by atoms with Crippen molar-refractivity contribution in [1.82, 2.24) is 0 Å². The summed E-state index contributed by atoms with van der Waals surface area (Å²) in [5.74, 6) is 1.72. The van der Waals surface area contributed by atoms with Crippen molar-refractivity contribution in [3.63, 3.8) is 0 Å². The van der Waals surface area contributed by atoms with Crippen molar-refractivity contribution in [3.8, 4) is 11.5 Å². The second-order valence-corrected chi connectivity index (χ2v) is 7.14. The zero-order valence-corrected chi connectivity index (χ0v) is 15.7. The minimum absolute atomic E-state index is 0.807. The number of benzene rings is 2. The maximum absolute atomic E-state index is 5.97. The van der Waals surface area contributed by atoms with Crippen molar-refractivity contribution < 1.29 is 19.3 Å². The van der Waals surface area contributed by atoms with Crippen LogP contribution < -0.4 is 19.3 Å². The summed E-state index contributed by atoms with van der Waals surface area (Å²) >= 11 is 5.97. The van der Waals surface area contributed by atoms with Crippen LogP contribution in [0.25, 0.3) is 0 Å². The first-order chi connectivity index (χ1) is 12.2. The van der Waals surface area contributed by atoms with Crippen LogP contribution in [0.3, 0.4) is 0 Å². The van der Waals surface area contributed by atoms with Gasteiger partial charge in [0.1, 0.15) is 50.8 Å². The summed E-state index contributed by atoms with van der Waals surface area (Å²) in [5, 5.41) is 0.807. The van der Waals surface area contributed by atoms with Gasteiger partial charge in [0.05, 0.1) is 14.2 Å². The Morgan fingerprint density at radius 2 is 1.24 bits per heavy atom. The molecule has 134 valence electrons. The number of hydrogen-bond acceptors (Lipinski definition) is 2. The maximum atomic E-state index is 5.97. The Kier molecular flexibility index (Phi) is 6.19. The number of quaternary nitrogens is 2. The molecule has 5 heteroatoms. The topological polar surface area (TPSA) is 27.3 Å². The van der Waals surface area contributed by atoms with E-state index in [1.54, 1.807) is 24.0 Å². The Morgan fingerprint density at radius 1 is 0.760 bits per heavy atom. The Hall–Kier alpha value is -1.75. The zero-order valence-electron chi connectivity index (χ0n) is 15.0. The van der Waals surface area contributed by atoms with Crippen LogP contribution in [-0.2, 0) is 13.1 Å². The molecular formula is C20H27ClN2O2+2. The Morgan fingerprint density at radius 3 is 1.72 bits per heavy atom. The fourth-order valence-electron chi connectivity index (χ4n) is 3.46. The third-order valence-electron chi connectivity index (χ3n) is 4.90. The number of ether oxygens (including phenoxy) is 2. The van der Waals surface area contributed by atoms with E-state index < -0.39 is 0 Å². The number of nitrogens with one attached hydrogen (secondary N) is 2. The quantitative estimate of drug-likeness (QED) is 0.797. The van der Waals surface area contributed by atoms with E-state index in [4.69, 9.17) is 21.1 Å². The lowest BCUT2D eigenvalue weighted by molar-refractivity contribution is -1.02. The Bertz CT molecular complexity index is 660. The molecule has 2 aromatic carbocycles. The van der Waals surface area contributed by atoms with Crippen LogP contribution in [0.15, 0.2) is 42.5 Å². The minimum atomic E-state index is 0.807. The molecule has 3 rings (SSSR count). The second kappa shape index (κ2) is 8.56. The molecule has 2 N–H and O–H groups in total. The first-order valence-corrected chi connectivity index (χ1v) is 9.17. The van der Waals surface area contributed by atoms with Gasteiger partial charge >= 0.3 is 0 Å². The first-order valence-electron chi connectivity index (χ1n) is 8.80. The van der Waals surface area contributed by atoms with E-state index in [1.807, 2.05) is 18.2 Å². The number of methoxy groups -OCH3 is 2. The molecule has 4 nitrogen and oxygen atoms in total. The molecule has 0 aliphatic carbocycles. The number of rotatable bonds is 6. The van der Waals surface area contributed by atoms with Crippen LogP contribution in [0.4, 0.5) is 0 Å². The van der Waals surface area contributed by atoms with E-state index in [1.165, 1.54) is 37.3 Å². The van der Waals surface area contributed by atoms with Gasteiger partial charge in [-0.3, -0.25) is 0 Å². The van der Waals surface area contributed by atoms with Crippen LogP contribution in [-0.4, -0.2) is 40.4 Å². The molecule has 0 spiro atoms. The SMILES string of the molecule is COc1cc(C[NH+]2CC[NH+](Cc3ccc(Cl)cc3)CC2)cc(OC)c1. The second-order valence-electron chi connectivity index (χ2n) is 6.70. The van der Waals surface area contributed by atoms with Gasteiger partial charge < -0.3 is 19.3 Å². The minimum Gasteiger partial charge on any atom is -0.497 e. The van der Waals surface area contributed by atoms with E-state index in [0.29, 0.717) is 0 Å². The van der Waals surface area contributed by atoms with Crippen LogP contribution >= 0.6 is 11.6 Å². The fraction of sp³-hybridized carbons (Fsp3) is 0.400. The van der Waals surface area contributed by atoms with Crippen molar-refractivity contribution in [2.75, 3.05) is 40.4 Å². The van der Waals surface area contributed by atoms with E-state index in [9.17, 15) is 0 Å². The standard InChI is InChI=1S/C20H25ClN2O2/c1-24-19-11-17(12-20(13-19)25-2)15-23-9-7-22(8-10-23)14-16-3-5-18(21)6-4-16/h3-6,11-13H,7-10,14-15H2,1-2H3/p+2. The van der Waals surface area contributed by atoms with Gasteiger partial charge in [0, 0.05) is 22.2 Å². The van der Waals surface area contributed by atoms with Crippen molar-refractivity contribution in [2.24, 2.45) is 0 Å². The van der Waals surface area contributed by atoms with E-state index >= 15 is 0 Å². The molecule has 1 saturated heterocycles. The third-order valence-corrected chi connectivity index (χ3v) is 5.15. The summed E-state index contributed by atoms with van der Waals surface area (Å²) < 4.78 is 10.8. The van der Waals surface area contributed by atoms with Gasteiger partial charge in [-0.15, -0.1) is 0 Å². The van der Waals surface area contributed by atoms with Gasteiger partial charge in [0.25, 0.3) is 0 Å². The smallest absolute Gasteiger partial charge is 0.127 e. The Balaban J connectivity index is 1.53. The summed E-state index contributed by atoms with van der Waals surface area (Å²) in [6.07, 6.45) is 0. The average Bonchev–Trinajstić information content (AvgIpc) is 2.65. The van der Waals surface area contributed by atoms with Crippen LogP contribution in [0, 0.1) is 0 Å². The summed E-state index contributed by atoms with van der Waals surface area (Å²) in [6, 6.07) is 14.4. The van der Waals surface area contributed by atoms with Gasteiger partial charge in [0.2, 0.25) is 0 Å². The molecule has 2 aromatic rings. The van der Waals surface area contributed by atoms with Crippen molar-refractivity contribution >= 4 is 11.6 Å².